The lowest BCUT2D eigenvalue weighted by atomic mass is 9.96. The van der Waals surface area contributed by atoms with Gasteiger partial charge in [0.25, 0.3) is 0 Å². The van der Waals surface area contributed by atoms with E-state index >= 15 is 0 Å². The smallest absolute Gasteiger partial charge is 0.350 e. The van der Waals surface area contributed by atoms with Crippen LogP contribution in [0, 0.1) is 0 Å². The van der Waals surface area contributed by atoms with Crippen LogP contribution >= 0.6 is 0 Å². The van der Waals surface area contributed by atoms with Crippen LogP contribution in [0.25, 0.3) is 0 Å². The third kappa shape index (κ3) is 5.22. The van der Waals surface area contributed by atoms with Gasteiger partial charge >= 0.3 is 23.9 Å². The summed E-state index contributed by atoms with van der Waals surface area (Å²) in [6.07, 6.45) is 0. The average Bonchev–Trinajstić information content (AvgIpc) is 3.63. The first-order valence-corrected chi connectivity index (χ1v) is 16.1. The first-order chi connectivity index (χ1) is 25.4. The number of nitrogens with zero attached hydrogens (tertiary/aromatic N) is 2. The van der Waals surface area contributed by atoms with E-state index in [0.717, 1.165) is 22.3 Å². The molecule has 9 rings (SSSR count). The maximum Gasteiger partial charge on any atom is 0.350 e. The highest BCUT2D eigenvalue weighted by atomic mass is 16.6. The van der Waals surface area contributed by atoms with Crippen LogP contribution in [-0.4, -0.2) is 35.3 Å². The van der Waals surface area contributed by atoms with E-state index in [1.165, 1.54) is 12.1 Å². The van der Waals surface area contributed by atoms with Crippen molar-refractivity contribution < 1.29 is 38.1 Å². The fourth-order valence-corrected chi connectivity index (χ4v) is 6.33. The van der Waals surface area contributed by atoms with Crippen LogP contribution < -0.4 is 9.47 Å². The molecule has 0 aliphatic carbocycles. The highest BCUT2D eigenvalue weighted by molar-refractivity contribution is 6.23. The normalized spacial score (nSPS) is 16.1. The van der Waals surface area contributed by atoms with Crippen molar-refractivity contribution in [3.8, 4) is 23.0 Å². The Kier molecular flexibility index (Phi) is 7.15. The monoisotopic (exact) mass is 682 g/mol. The van der Waals surface area contributed by atoms with Crippen LogP contribution in [0.5, 0.6) is 23.0 Å². The molecule has 3 aliphatic heterocycles. The molecule has 0 atom stereocenters. The predicted octanol–water partition coefficient (Wildman–Crippen LogP) is 8.54. The van der Waals surface area contributed by atoms with Gasteiger partial charge in [0.1, 0.15) is 34.1 Å². The lowest BCUT2D eigenvalue weighted by Crippen LogP contribution is -2.10. The second kappa shape index (κ2) is 12.1. The van der Waals surface area contributed by atoms with Gasteiger partial charge in [-0.2, -0.15) is 0 Å². The maximum atomic E-state index is 12.3. The van der Waals surface area contributed by atoms with Crippen molar-refractivity contribution >= 4 is 46.7 Å². The molecule has 6 aromatic rings. The SMILES string of the molecule is O=C1OC(=O)c2c(Oc3ccc(/C4=N/c5ccccc5/C(c5ccc(Oc6cccc7c6C(=O)OC7=O)cc5)=N\c5ccccc54)cc3)cccc21. The first-order valence-electron chi connectivity index (χ1n) is 16.1. The lowest BCUT2D eigenvalue weighted by molar-refractivity contribution is 0.0424. The number of rotatable bonds is 6. The number of carbonyl (C=O) groups is 4. The highest BCUT2D eigenvalue weighted by Crippen LogP contribution is 2.37. The van der Waals surface area contributed by atoms with Gasteiger partial charge in [-0.05, 0) is 84.9 Å². The van der Waals surface area contributed by atoms with Crippen molar-refractivity contribution in [2.75, 3.05) is 0 Å². The summed E-state index contributed by atoms with van der Waals surface area (Å²) in [5.41, 5.74) is 6.59. The summed E-state index contributed by atoms with van der Waals surface area (Å²) in [6, 6.07) is 39.7. The summed E-state index contributed by atoms with van der Waals surface area (Å²) in [6.45, 7) is 0. The molecular formula is C42H22N2O8. The third-order valence-corrected chi connectivity index (χ3v) is 8.77. The van der Waals surface area contributed by atoms with E-state index in [-0.39, 0.29) is 33.8 Å². The van der Waals surface area contributed by atoms with Gasteiger partial charge in [-0.15, -0.1) is 0 Å². The van der Waals surface area contributed by atoms with E-state index in [1.807, 2.05) is 72.8 Å². The van der Waals surface area contributed by atoms with Gasteiger partial charge in [0.15, 0.2) is 0 Å². The molecule has 6 aromatic carbocycles. The van der Waals surface area contributed by atoms with Gasteiger partial charge in [0.05, 0.1) is 33.9 Å². The van der Waals surface area contributed by atoms with Gasteiger partial charge in [-0.25, -0.2) is 29.2 Å². The van der Waals surface area contributed by atoms with Gasteiger partial charge < -0.3 is 18.9 Å². The molecule has 3 heterocycles. The van der Waals surface area contributed by atoms with Gasteiger partial charge in [-0.3, -0.25) is 0 Å². The Bertz CT molecular complexity index is 2410. The number of cyclic esters (lactones) is 4. The number of aliphatic imine (C=N–C) groups is 2. The van der Waals surface area contributed by atoms with E-state index in [2.05, 4.69) is 0 Å². The Labute approximate surface area is 295 Å². The summed E-state index contributed by atoms with van der Waals surface area (Å²) in [5.74, 6) is -1.48. The molecule has 3 aliphatic rings. The number of para-hydroxylation sites is 2. The number of benzene rings is 6. The predicted molar refractivity (Wildman–Crippen MR) is 189 cm³/mol. The molecule has 0 amide bonds. The molecule has 0 spiro atoms. The topological polar surface area (TPSA) is 130 Å². The number of hydrogen-bond donors (Lipinski definition) is 0. The molecule has 248 valence electrons. The molecule has 52 heavy (non-hydrogen) atoms. The molecule has 0 unspecified atom stereocenters. The number of carbonyl (C=O) groups excluding carboxylic acids is 4. The van der Waals surface area contributed by atoms with Crippen LogP contribution in [0.1, 0.15) is 63.7 Å². The van der Waals surface area contributed by atoms with E-state index < -0.39 is 23.9 Å². The quantitative estimate of drug-likeness (QED) is 0.126. The largest absolute Gasteiger partial charge is 0.456 e. The Morgan fingerprint density at radius 1 is 0.385 bits per heavy atom. The Morgan fingerprint density at radius 2 is 0.769 bits per heavy atom. The van der Waals surface area contributed by atoms with Crippen molar-refractivity contribution in [2.24, 2.45) is 9.98 Å². The van der Waals surface area contributed by atoms with Crippen molar-refractivity contribution in [1.29, 1.82) is 0 Å². The van der Waals surface area contributed by atoms with Crippen LogP contribution in [0.4, 0.5) is 11.4 Å². The average molecular weight is 683 g/mol. The minimum absolute atomic E-state index is 0.103. The number of ether oxygens (including phenoxy) is 4. The maximum absolute atomic E-state index is 12.3. The zero-order valence-electron chi connectivity index (χ0n) is 26.9. The highest BCUT2D eigenvalue weighted by Gasteiger charge is 2.34. The standard InChI is InChI=1S/C42H22N2O8/c45-39-29-9-5-13-33(35(29)41(47)51-39)49-25-19-15-23(16-20-25)37-27-7-1-3-11-31(27)43-38(28-8-2-4-12-32(28)44-37)24-17-21-26(22-18-24)50-34-14-6-10-30-36(34)42(48)52-40(30)46/h1-22H/b37-27?,38-28?,43-31?,43-38-,44-32?,44-37-. The molecule has 0 radical (unpaired) electrons. The van der Waals surface area contributed by atoms with E-state index in [4.69, 9.17) is 28.9 Å². The van der Waals surface area contributed by atoms with E-state index in [1.54, 1.807) is 48.5 Å². The Morgan fingerprint density at radius 3 is 1.19 bits per heavy atom. The fraction of sp³-hybridized carbons (Fsp3) is 0. The minimum atomic E-state index is -0.738. The van der Waals surface area contributed by atoms with Gasteiger partial charge in [0, 0.05) is 22.3 Å². The van der Waals surface area contributed by atoms with Crippen LogP contribution in [0.15, 0.2) is 143 Å². The zero-order chi connectivity index (χ0) is 35.3. The van der Waals surface area contributed by atoms with Crippen molar-refractivity contribution in [2.45, 2.75) is 0 Å². The molecule has 0 aromatic heterocycles. The van der Waals surface area contributed by atoms with Crippen molar-refractivity contribution in [1.82, 2.24) is 0 Å². The van der Waals surface area contributed by atoms with Crippen molar-refractivity contribution in [3.63, 3.8) is 0 Å². The number of fused-ring (bicyclic) bond motifs is 4. The van der Waals surface area contributed by atoms with Gasteiger partial charge in [0.2, 0.25) is 0 Å². The first kappa shape index (κ1) is 30.6. The molecule has 0 saturated carbocycles. The molecule has 0 bridgehead atoms. The molecule has 10 heteroatoms. The molecular weight excluding hydrogens is 660 g/mol. The lowest BCUT2D eigenvalue weighted by Gasteiger charge is -2.18. The summed E-state index contributed by atoms with van der Waals surface area (Å²) in [5, 5.41) is 0. The van der Waals surface area contributed by atoms with Crippen LogP contribution in [-0.2, 0) is 9.47 Å². The Hall–Kier alpha value is -7.46. The third-order valence-electron chi connectivity index (χ3n) is 8.77. The van der Waals surface area contributed by atoms with Crippen molar-refractivity contribution in [3.05, 3.63) is 178 Å². The Balaban J connectivity index is 1.05. The summed E-state index contributed by atoms with van der Waals surface area (Å²) in [4.78, 5) is 59.0. The van der Waals surface area contributed by atoms with Gasteiger partial charge in [-0.1, -0.05) is 48.5 Å². The minimum Gasteiger partial charge on any atom is -0.456 e. The summed E-state index contributed by atoms with van der Waals surface area (Å²) in [7, 11) is 0. The number of esters is 4. The molecule has 0 N–H and O–H groups in total. The molecule has 10 nitrogen and oxygen atoms in total. The summed E-state index contributed by atoms with van der Waals surface area (Å²) >= 11 is 0. The fourth-order valence-electron chi connectivity index (χ4n) is 6.33. The second-order valence-corrected chi connectivity index (χ2v) is 11.9. The molecule has 0 fully saturated rings. The summed E-state index contributed by atoms with van der Waals surface area (Å²) < 4.78 is 21.6. The zero-order valence-corrected chi connectivity index (χ0v) is 26.9. The van der Waals surface area contributed by atoms with Crippen LogP contribution in [0.3, 0.4) is 0 Å². The van der Waals surface area contributed by atoms with E-state index in [9.17, 15) is 19.2 Å². The number of hydrogen-bond acceptors (Lipinski definition) is 10. The van der Waals surface area contributed by atoms with Crippen LogP contribution in [0.2, 0.25) is 0 Å². The van der Waals surface area contributed by atoms with E-state index in [0.29, 0.717) is 34.3 Å². The molecule has 0 saturated heterocycles. The second-order valence-electron chi connectivity index (χ2n) is 11.9.